The third-order valence-electron chi connectivity index (χ3n) is 8.79. The zero-order valence-corrected chi connectivity index (χ0v) is 23.1. The average molecular weight is 482 g/mol. The second-order valence-electron chi connectivity index (χ2n) is 13.0. The van der Waals surface area contributed by atoms with E-state index in [1.165, 1.54) is 35.1 Å². The van der Waals surface area contributed by atoms with Crippen molar-refractivity contribution in [1.82, 2.24) is 0 Å². The molecule has 0 amide bonds. The van der Waals surface area contributed by atoms with Crippen LogP contribution in [0.5, 0.6) is 0 Å². The number of aliphatic hydroxyl groups is 1. The topological polar surface area (TPSA) is 42.6 Å². The average Bonchev–Trinajstić information content (AvgIpc) is 3.17. The van der Waals surface area contributed by atoms with E-state index in [0.717, 1.165) is 27.4 Å². The molecule has 1 aliphatic rings. The molecule has 0 radical (unpaired) electrons. The predicted molar refractivity (Wildman–Crippen MR) is 153 cm³/mol. The smallest absolute Gasteiger partial charge is 0.309 e. The monoisotopic (exact) mass is 482 g/mol. The van der Waals surface area contributed by atoms with Crippen LogP contribution in [0, 0.1) is 0 Å². The van der Waals surface area contributed by atoms with Gasteiger partial charge in [-0.3, -0.25) is 0 Å². The van der Waals surface area contributed by atoms with Crippen LogP contribution in [-0.2, 0) is 15.5 Å². The van der Waals surface area contributed by atoms with Gasteiger partial charge in [0.15, 0.2) is 0 Å². The predicted octanol–water partition coefficient (Wildman–Crippen LogP) is 7.14. The maximum atomic E-state index is 10.4. The van der Waals surface area contributed by atoms with Gasteiger partial charge in [0.25, 0.3) is 0 Å². The van der Waals surface area contributed by atoms with Crippen molar-refractivity contribution < 1.29 is 14.2 Å². The number of furan rings is 1. The first-order chi connectivity index (χ1) is 16.7. The van der Waals surface area contributed by atoms with Gasteiger partial charge in [-0.05, 0) is 91.8 Å². The molecule has 0 saturated heterocycles. The van der Waals surface area contributed by atoms with Crippen molar-refractivity contribution >= 4 is 34.9 Å². The van der Waals surface area contributed by atoms with E-state index in [9.17, 15) is 5.11 Å². The lowest BCUT2D eigenvalue weighted by atomic mass is 9.63. The molecule has 5 rings (SSSR count). The summed E-state index contributed by atoms with van der Waals surface area (Å²) in [7, 11) is 0.426. The fraction of sp³-hybridized carbons (Fsp3) is 0.438. The highest BCUT2D eigenvalue weighted by molar-refractivity contribution is 6.47. The van der Waals surface area contributed by atoms with Crippen LogP contribution in [0.3, 0.4) is 0 Å². The van der Waals surface area contributed by atoms with Crippen molar-refractivity contribution in [2.45, 2.75) is 90.3 Å². The first-order valence-electron chi connectivity index (χ1n) is 13.1. The Balaban J connectivity index is 1.54. The van der Waals surface area contributed by atoms with Crippen LogP contribution in [-0.4, -0.2) is 23.8 Å². The summed E-state index contributed by atoms with van der Waals surface area (Å²) in [5, 5.41) is 12.6. The minimum atomic E-state index is -0.938. The normalized spacial score (nSPS) is 17.4. The molecule has 0 aliphatic heterocycles. The van der Waals surface area contributed by atoms with Crippen molar-refractivity contribution in [1.29, 1.82) is 0 Å². The van der Waals surface area contributed by atoms with Crippen molar-refractivity contribution in [3.05, 3.63) is 65.7 Å². The first kappa shape index (κ1) is 25.1. The molecule has 1 heterocycles. The van der Waals surface area contributed by atoms with E-state index in [0.29, 0.717) is 7.48 Å². The van der Waals surface area contributed by atoms with E-state index >= 15 is 0 Å². The van der Waals surface area contributed by atoms with Gasteiger partial charge in [-0.15, -0.1) is 0 Å². The van der Waals surface area contributed by atoms with Gasteiger partial charge < -0.3 is 14.2 Å². The second kappa shape index (κ2) is 8.23. The number of hydrogen-bond acceptors (Lipinski definition) is 3. The molecule has 3 nitrogen and oxygen atoms in total. The van der Waals surface area contributed by atoms with Gasteiger partial charge in [0.05, 0.1) is 11.2 Å². The molecular weight excluding hydrogens is 443 g/mol. The summed E-state index contributed by atoms with van der Waals surface area (Å²) < 4.78 is 12.3. The Kier molecular flexibility index (Phi) is 5.74. The Bertz CT molecular complexity index is 1450. The molecule has 0 atom stereocenters. The molecular formula is C32H39BO3. The Labute approximate surface area is 216 Å². The van der Waals surface area contributed by atoms with E-state index in [2.05, 4.69) is 70.2 Å². The number of rotatable bonds is 5. The summed E-state index contributed by atoms with van der Waals surface area (Å²) >= 11 is 0. The fourth-order valence-electron chi connectivity index (χ4n) is 5.30. The molecule has 0 spiro atoms. The molecule has 188 valence electrons. The maximum Gasteiger partial charge on any atom is 0.309 e. The highest BCUT2D eigenvalue weighted by atomic mass is 16.5. The van der Waals surface area contributed by atoms with Crippen molar-refractivity contribution in [2.75, 3.05) is 0 Å². The molecule has 4 aromatic rings. The molecule has 1 aromatic heterocycles. The Morgan fingerprint density at radius 2 is 1.31 bits per heavy atom. The van der Waals surface area contributed by atoms with E-state index in [4.69, 9.17) is 9.07 Å². The van der Waals surface area contributed by atoms with Gasteiger partial charge in [0.2, 0.25) is 0 Å². The summed E-state index contributed by atoms with van der Waals surface area (Å²) in [4.78, 5) is 0. The van der Waals surface area contributed by atoms with Gasteiger partial charge in [0, 0.05) is 10.8 Å². The summed E-state index contributed by atoms with van der Waals surface area (Å²) in [6.45, 7) is 16.9. The van der Waals surface area contributed by atoms with E-state index < -0.39 is 11.2 Å². The molecule has 0 saturated carbocycles. The molecule has 1 N–H and O–H groups in total. The van der Waals surface area contributed by atoms with Crippen molar-refractivity contribution in [3.8, 4) is 11.1 Å². The van der Waals surface area contributed by atoms with Crippen molar-refractivity contribution in [3.63, 3.8) is 0 Å². The maximum absolute atomic E-state index is 10.4. The van der Waals surface area contributed by atoms with Gasteiger partial charge in [-0.1, -0.05) is 69.6 Å². The third kappa shape index (κ3) is 4.29. The van der Waals surface area contributed by atoms with Gasteiger partial charge in [0.1, 0.15) is 11.2 Å². The van der Waals surface area contributed by atoms with Crippen LogP contribution in [0.4, 0.5) is 0 Å². The van der Waals surface area contributed by atoms with Crippen LogP contribution in [0.2, 0.25) is 0 Å². The third-order valence-corrected chi connectivity index (χ3v) is 8.79. The fourth-order valence-corrected chi connectivity index (χ4v) is 5.30. The van der Waals surface area contributed by atoms with Gasteiger partial charge in [-0.2, -0.15) is 0 Å². The largest absolute Gasteiger partial charge is 0.456 e. The molecule has 0 bridgehead atoms. The molecule has 3 aromatic carbocycles. The minimum Gasteiger partial charge on any atom is -0.456 e. The summed E-state index contributed by atoms with van der Waals surface area (Å²) in [6.07, 6.45) is 2.43. The van der Waals surface area contributed by atoms with Crippen LogP contribution >= 0.6 is 0 Å². The number of fused-ring (bicyclic) bond motifs is 4. The second-order valence-corrected chi connectivity index (χ2v) is 13.0. The molecule has 0 unspecified atom stereocenters. The van der Waals surface area contributed by atoms with Gasteiger partial charge >= 0.3 is 7.48 Å². The first-order valence-corrected chi connectivity index (χ1v) is 13.1. The van der Waals surface area contributed by atoms with E-state index in [-0.39, 0.29) is 10.8 Å². The molecule has 4 heteroatoms. The SMILES string of the molecule is CC1(C)CCC(C)(C)c2cc(-c3ccc4oc5ccc(BOC(C)(C)C(C)(C)O)cc5c4c3)ccc21. The Morgan fingerprint density at radius 3 is 1.97 bits per heavy atom. The summed E-state index contributed by atoms with van der Waals surface area (Å²) in [5.74, 6) is 0. The van der Waals surface area contributed by atoms with E-state index in [1.54, 1.807) is 13.8 Å². The Morgan fingerprint density at radius 1 is 0.750 bits per heavy atom. The lowest BCUT2D eigenvalue weighted by Gasteiger charge is -2.42. The Hall–Kier alpha value is -2.56. The van der Waals surface area contributed by atoms with Crippen LogP contribution in [0.25, 0.3) is 33.1 Å². The number of benzene rings is 3. The highest BCUT2D eigenvalue weighted by Gasteiger charge is 2.37. The quantitative estimate of drug-likeness (QED) is 0.307. The van der Waals surface area contributed by atoms with Gasteiger partial charge in [-0.25, -0.2) is 0 Å². The highest BCUT2D eigenvalue weighted by Crippen LogP contribution is 2.47. The molecule has 0 fully saturated rings. The van der Waals surface area contributed by atoms with Crippen LogP contribution in [0.1, 0.15) is 79.4 Å². The van der Waals surface area contributed by atoms with Crippen LogP contribution < -0.4 is 5.46 Å². The van der Waals surface area contributed by atoms with E-state index in [1.807, 2.05) is 26.0 Å². The summed E-state index contributed by atoms with van der Waals surface area (Å²) in [6, 6.07) is 19.8. The number of hydrogen-bond donors (Lipinski definition) is 1. The summed E-state index contributed by atoms with van der Waals surface area (Å²) in [5.41, 5.74) is 7.04. The van der Waals surface area contributed by atoms with Crippen LogP contribution in [0.15, 0.2) is 59.0 Å². The molecule has 1 aliphatic carbocycles. The molecule has 36 heavy (non-hydrogen) atoms. The lowest BCUT2D eigenvalue weighted by Crippen LogP contribution is -2.49. The lowest BCUT2D eigenvalue weighted by molar-refractivity contribution is -0.0893. The zero-order valence-electron chi connectivity index (χ0n) is 23.1. The minimum absolute atomic E-state index is 0.180. The standard InChI is InChI=1S/C32H39BO3/c1-29(2)15-16-30(3,4)26-18-21(9-12-25(26)29)20-10-13-27-23(17-20)24-19-22(11-14-28(24)35-27)33-36-32(7,8)31(5,6)34/h9-14,17-19,33-34H,15-16H2,1-8H3. The van der Waals surface area contributed by atoms with Crippen molar-refractivity contribution in [2.24, 2.45) is 0 Å². The zero-order chi connectivity index (χ0) is 26.1.